The van der Waals surface area contributed by atoms with Gasteiger partial charge in [0, 0.05) is 0 Å². The van der Waals surface area contributed by atoms with Crippen molar-refractivity contribution in [2.24, 2.45) is 17.8 Å². The lowest BCUT2D eigenvalue weighted by Gasteiger charge is -2.57. The van der Waals surface area contributed by atoms with Crippen LogP contribution in [-0.4, -0.2) is 29.3 Å². The van der Waals surface area contributed by atoms with E-state index in [0.29, 0.717) is 11.3 Å². The summed E-state index contributed by atoms with van der Waals surface area (Å²) in [7, 11) is 0. The van der Waals surface area contributed by atoms with Gasteiger partial charge < -0.3 is 14.6 Å². The second-order valence-electron chi connectivity index (χ2n) is 12.1. The maximum Gasteiger partial charge on any atom is 0.341 e. The minimum absolute atomic E-state index is 0.117. The summed E-state index contributed by atoms with van der Waals surface area (Å²) in [4.78, 5) is 23.6. The van der Waals surface area contributed by atoms with Crippen LogP contribution < -0.4 is 4.74 Å². The van der Waals surface area contributed by atoms with Gasteiger partial charge in [-0.15, -0.1) is 0 Å². The molecule has 190 valence electrons. The molecule has 1 N–H and O–H groups in total. The van der Waals surface area contributed by atoms with E-state index in [2.05, 4.69) is 18.7 Å². The molecule has 4 aliphatic carbocycles. The van der Waals surface area contributed by atoms with Crippen molar-refractivity contribution in [1.82, 2.24) is 0 Å². The molecular formula is C31H36O5. The summed E-state index contributed by atoms with van der Waals surface area (Å²) >= 11 is 0. The number of carbonyl (C=O) groups is 2. The molecule has 0 saturated heterocycles. The van der Waals surface area contributed by atoms with Gasteiger partial charge in [0.1, 0.15) is 11.4 Å². The number of carbonyl (C=O) groups excluding carboxylic acids is 1. The van der Waals surface area contributed by atoms with Crippen LogP contribution in [0, 0.1) is 17.8 Å². The second kappa shape index (κ2) is 9.10. The van der Waals surface area contributed by atoms with Gasteiger partial charge >= 0.3 is 11.9 Å². The third-order valence-electron chi connectivity index (χ3n) is 8.15. The quantitative estimate of drug-likeness (QED) is 0.349. The van der Waals surface area contributed by atoms with Gasteiger partial charge in [0.2, 0.25) is 0 Å². The average Bonchev–Trinajstić information content (AvgIpc) is 2.80. The summed E-state index contributed by atoms with van der Waals surface area (Å²) in [6, 6.07) is 14.0. The third-order valence-corrected chi connectivity index (χ3v) is 8.15. The zero-order chi connectivity index (χ0) is 25.7. The number of rotatable bonds is 7. The van der Waals surface area contributed by atoms with Crippen molar-refractivity contribution in [2.75, 3.05) is 6.61 Å². The summed E-state index contributed by atoms with van der Waals surface area (Å²) in [6.45, 7) is 9.15. The van der Waals surface area contributed by atoms with Gasteiger partial charge in [0.15, 0.2) is 6.61 Å². The van der Waals surface area contributed by atoms with Gasteiger partial charge in [0.05, 0.1) is 5.57 Å². The molecule has 5 nitrogen and oxygen atoms in total. The average molecular weight is 489 g/mol. The van der Waals surface area contributed by atoms with E-state index >= 15 is 0 Å². The Morgan fingerprint density at radius 1 is 0.972 bits per heavy atom. The van der Waals surface area contributed by atoms with Gasteiger partial charge in [-0.3, -0.25) is 0 Å². The minimum atomic E-state index is -0.976. The summed E-state index contributed by atoms with van der Waals surface area (Å²) in [5.41, 5.74) is 4.15. The third kappa shape index (κ3) is 4.93. The van der Waals surface area contributed by atoms with Crippen LogP contribution in [0.5, 0.6) is 5.75 Å². The molecule has 5 heteroatoms. The van der Waals surface area contributed by atoms with E-state index in [4.69, 9.17) is 14.6 Å². The number of esters is 1. The number of aliphatic carboxylic acids is 1. The van der Waals surface area contributed by atoms with Crippen LogP contribution in [0.1, 0.15) is 70.4 Å². The smallest absolute Gasteiger partial charge is 0.341 e. The van der Waals surface area contributed by atoms with Gasteiger partial charge in [-0.25, -0.2) is 9.59 Å². The fourth-order valence-corrected chi connectivity index (χ4v) is 7.20. The van der Waals surface area contributed by atoms with Crippen molar-refractivity contribution >= 4 is 17.5 Å². The molecular weight excluding hydrogens is 452 g/mol. The van der Waals surface area contributed by atoms with Crippen LogP contribution >= 0.6 is 0 Å². The molecule has 0 aromatic heterocycles. The number of benzene rings is 2. The summed E-state index contributed by atoms with van der Waals surface area (Å²) < 4.78 is 11.1. The molecule has 6 rings (SSSR count). The summed E-state index contributed by atoms with van der Waals surface area (Å²) in [5, 5.41) is 9.11. The van der Waals surface area contributed by atoms with Crippen molar-refractivity contribution < 1.29 is 24.2 Å². The first-order chi connectivity index (χ1) is 17.0. The van der Waals surface area contributed by atoms with Crippen LogP contribution in [-0.2, 0) is 19.7 Å². The lowest BCUT2D eigenvalue weighted by atomic mass is 9.47. The van der Waals surface area contributed by atoms with E-state index in [-0.39, 0.29) is 12.0 Å². The molecule has 4 saturated carbocycles. The van der Waals surface area contributed by atoms with Crippen LogP contribution in [0.4, 0.5) is 0 Å². The van der Waals surface area contributed by atoms with Gasteiger partial charge in [-0.2, -0.15) is 0 Å². The lowest BCUT2D eigenvalue weighted by Crippen LogP contribution is -2.48. The SMILES string of the molecule is C=C(C(=O)OC(C)(C)C)c1ccc(-c2ccc(OCC(=O)O)cc2C23CC4CC(CC(C4)C2)C3)cc1. The number of ether oxygens (including phenoxy) is 2. The Hall–Kier alpha value is -3.08. The maximum atomic E-state index is 12.5. The Morgan fingerprint density at radius 2 is 1.56 bits per heavy atom. The minimum Gasteiger partial charge on any atom is -0.482 e. The first-order valence-electron chi connectivity index (χ1n) is 13.0. The Labute approximate surface area is 213 Å². The molecule has 4 fully saturated rings. The monoisotopic (exact) mass is 488 g/mol. The standard InChI is InChI=1S/C31H36O5/c1-19(29(34)36-30(2,3)4)23-5-7-24(8-6-23)26-10-9-25(35-18-28(32)33)14-27(26)31-15-20-11-21(16-31)13-22(12-20)17-31/h5-10,14,20-22H,1,11-13,15-18H2,2-4H3,(H,32,33). The molecule has 0 aliphatic heterocycles. The van der Waals surface area contributed by atoms with Crippen molar-refractivity contribution in [2.45, 2.75) is 70.3 Å². The Bertz CT molecular complexity index is 1150. The zero-order valence-corrected chi connectivity index (χ0v) is 21.5. The Balaban J connectivity index is 1.48. The number of hydrogen-bond acceptors (Lipinski definition) is 4. The topological polar surface area (TPSA) is 72.8 Å². The van der Waals surface area contributed by atoms with Crippen LogP contribution in [0.15, 0.2) is 49.0 Å². The fourth-order valence-electron chi connectivity index (χ4n) is 7.20. The molecule has 2 aromatic carbocycles. The van der Waals surface area contributed by atoms with Gasteiger partial charge in [0.25, 0.3) is 0 Å². The predicted molar refractivity (Wildman–Crippen MR) is 140 cm³/mol. The zero-order valence-electron chi connectivity index (χ0n) is 21.5. The van der Waals surface area contributed by atoms with E-state index in [9.17, 15) is 9.59 Å². The molecule has 36 heavy (non-hydrogen) atoms. The molecule has 0 spiro atoms. The number of hydrogen-bond donors (Lipinski definition) is 1. The van der Waals surface area contributed by atoms with Crippen molar-refractivity contribution in [3.63, 3.8) is 0 Å². The lowest BCUT2D eigenvalue weighted by molar-refractivity contribution is -0.147. The van der Waals surface area contributed by atoms with E-state index in [1.807, 2.05) is 51.1 Å². The number of carboxylic acid groups (broad SMARTS) is 1. The molecule has 0 atom stereocenters. The molecule has 4 bridgehead atoms. The molecule has 0 unspecified atom stereocenters. The highest BCUT2D eigenvalue weighted by atomic mass is 16.6. The first kappa shape index (κ1) is 24.6. The molecule has 2 aromatic rings. The van der Waals surface area contributed by atoms with E-state index in [0.717, 1.165) is 34.4 Å². The Kier molecular flexibility index (Phi) is 6.22. The van der Waals surface area contributed by atoms with E-state index in [1.54, 1.807) is 0 Å². The van der Waals surface area contributed by atoms with E-state index in [1.165, 1.54) is 44.1 Å². The van der Waals surface area contributed by atoms with Crippen LogP contribution in [0.25, 0.3) is 16.7 Å². The highest BCUT2D eigenvalue weighted by Gasteiger charge is 2.52. The summed E-state index contributed by atoms with van der Waals surface area (Å²) in [6.07, 6.45) is 7.65. The molecule has 0 amide bonds. The van der Waals surface area contributed by atoms with Crippen molar-refractivity contribution in [3.8, 4) is 16.9 Å². The number of carboxylic acids is 1. The normalized spacial score (nSPS) is 26.5. The van der Waals surface area contributed by atoms with Crippen molar-refractivity contribution in [1.29, 1.82) is 0 Å². The summed E-state index contributed by atoms with van der Waals surface area (Å²) in [5.74, 6) is 1.58. The predicted octanol–water partition coefficient (Wildman–Crippen LogP) is 6.64. The first-order valence-corrected chi connectivity index (χ1v) is 13.0. The van der Waals surface area contributed by atoms with Crippen molar-refractivity contribution in [3.05, 3.63) is 60.2 Å². The van der Waals surface area contributed by atoms with Crippen LogP contribution in [0.3, 0.4) is 0 Å². The second-order valence-corrected chi connectivity index (χ2v) is 12.1. The fraction of sp³-hybridized carbons (Fsp3) is 0.484. The Morgan fingerprint density at radius 3 is 2.08 bits per heavy atom. The molecule has 4 aliphatic rings. The maximum absolute atomic E-state index is 12.5. The largest absolute Gasteiger partial charge is 0.482 e. The molecule has 0 heterocycles. The molecule has 0 radical (unpaired) electrons. The highest BCUT2D eigenvalue weighted by Crippen LogP contribution is 2.62. The van der Waals surface area contributed by atoms with Gasteiger partial charge in [-0.1, -0.05) is 36.9 Å². The van der Waals surface area contributed by atoms with E-state index < -0.39 is 17.5 Å². The van der Waals surface area contributed by atoms with Gasteiger partial charge in [-0.05, 0) is 117 Å². The highest BCUT2D eigenvalue weighted by molar-refractivity contribution is 6.15. The van der Waals surface area contributed by atoms with Crippen LogP contribution in [0.2, 0.25) is 0 Å².